The van der Waals surface area contributed by atoms with Gasteiger partial charge in [-0.2, -0.15) is 5.10 Å². The zero-order valence-corrected chi connectivity index (χ0v) is 19.3. The number of hydrogen-bond acceptors (Lipinski definition) is 6. The minimum atomic E-state index is -0.110. The fourth-order valence-electron chi connectivity index (χ4n) is 3.25. The van der Waals surface area contributed by atoms with Crippen molar-refractivity contribution in [2.45, 2.75) is 5.16 Å². The average Bonchev–Trinajstić information content (AvgIpc) is 3.43. The largest absolute Gasteiger partial charge is 0.497 e. The molecule has 0 spiro atoms. The Balaban J connectivity index is 1.35. The predicted molar refractivity (Wildman–Crippen MR) is 127 cm³/mol. The van der Waals surface area contributed by atoms with Crippen LogP contribution in [0.15, 0.2) is 76.6 Å². The summed E-state index contributed by atoms with van der Waals surface area (Å²) in [6.45, 7) is 0. The van der Waals surface area contributed by atoms with Crippen LogP contribution in [0.4, 0.5) is 5.69 Å². The number of rotatable bonds is 6. The Kier molecular flexibility index (Phi) is 5.54. The monoisotopic (exact) mass is 508 g/mol. The Morgan fingerprint density at radius 3 is 2.62 bits per heavy atom. The minimum absolute atomic E-state index is 0.110. The lowest BCUT2D eigenvalue weighted by Crippen LogP contribution is -2.14. The molecule has 1 N–H and O–H groups in total. The molecule has 32 heavy (non-hydrogen) atoms. The lowest BCUT2D eigenvalue weighted by Gasteiger charge is -2.04. The molecule has 2 aromatic carbocycles. The van der Waals surface area contributed by atoms with Gasteiger partial charge in [-0.15, -0.1) is 10.2 Å². The molecule has 8 nitrogen and oxygen atoms in total. The molecule has 0 unspecified atom stereocenters. The first kappa shape index (κ1) is 20.5. The summed E-state index contributed by atoms with van der Waals surface area (Å²) in [6, 6.07) is 17.2. The molecule has 160 valence electrons. The molecule has 0 aliphatic carbocycles. The Labute approximate surface area is 195 Å². The maximum absolute atomic E-state index is 12.3. The third-order valence-corrected chi connectivity index (χ3v) is 6.30. The van der Waals surface area contributed by atoms with Crippen LogP contribution >= 0.6 is 27.7 Å². The first-order valence-corrected chi connectivity index (χ1v) is 11.4. The van der Waals surface area contributed by atoms with Gasteiger partial charge < -0.3 is 10.1 Å². The molecule has 0 bridgehead atoms. The van der Waals surface area contributed by atoms with E-state index in [1.807, 2.05) is 71.4 Å². The third-order valence-electron chi connectivity index (χ3n) is 4.83. The van der Waals surface area contributed by atoms with Gasteiger partial charge in [-0.3, -0.25) is 9.20 Å². The van der Waals surface area contributed by atoms with Crippen LogP contribution in [-0.4, -0.2) is 43.0 Å². The van der Waals surface area contributed by atoms with Crippen LogP contribution in [0.3, 0.4) is 0 Å². The van der Waals surface area contributed by atoms with E-state index in [0.717, 1.165) is 32.7 Å². The number of hydrogen-bond donors (Lipinski definition) is 1. The summed E-state index contributed by atoms with van der Waals surface area (Å²) in [6.07, 6.45) is 3.70. The minimum Gasteiger partial charge on any atom is -0.497 e. The van der Waals surface area contributed by atoms with E-state index in [1.54, 1.807) is 11.6 Å². The number of methoxy groups -OCH3 is 1. The van der Waals surface area contributed by atoms with Gasteiger partial charge in [0.15, 0.2) is 10.8 Å². The number of anilines is 1. The molecule has 0 saturated heterocycles. The molecule has 0 saturated carbocycles. The molecule has 10 heteroatoms. The number of carbonyl (C=O) groups is 1. The van der Waals surface area contributed by atoms with Crippen molar-refractivity contribution >= 4 is 50.5 Å². The summed E-state index contributed by atoms with van der Waals surface area (Å²) in [5.41, 5.74) is 4.06. The van der Waals surface area contributed by atoms with Crippen molar-refractivity contribution < 1.29 is 9.53 Å². The van der Waals surface area contributed by atoms with Gasteiger partial charge in [0.05, 0.1) is 18.6 Å². The second-order valence-electron chi connectivity index (χ2n) is 6.91. The van der Waals surface area contributed by atoms with Crippen molar-refractivity contribution in [1.29, 1.82) is 0 Å². The van der Waals surface area contributed by atoms with Crippen LogP contribution in [0, 0.1) is 0 Å². The number of thioether (sulfide) groups is 1. The number of carbonyl (C=O) groups excluding carboxylic acids is 1. The molecule has 0 aliphatic heterocycles. The van der Waals surface area contributed by atoms with E-state index in [4.69, 9.17) is 4.74 Å². The number of benzene rings is 2. The fraction of sp³-hybridized carbons (Fsp3) is 0.0909. The standard InChI is InChI=1S/C22H17BrN6O2S/c1-31-17-8-2-14(3-9-17)18-12-19-21-25-26-22(28(21)10-11-29(19)27-18)32-13-20(30)24-16-6-4-15(23)5-7-16/h2-12H,13H2,1H3,(H,24,30). The van der Waals surface area contributed by atoms with Gasteiger partial charge in [-0.1, -0.05) is 27.7 Å². The normalized spacial score (nSPS) is 11.2. The van der Waals surface area contributed by atoms with E-state index >= 15 is 0 Å². The van der Waals surface area contributed by atoms with E-state index in [-0.39, 0.29) is 11.7 Å². The molecule has 0 fully saturated rings. The predicted octanol–water partition coefficient (Wildman–Crippen LogP) is 4.55. The highest BCUT2D eigenvalue weighted by molar-refractivity contribution is 9.10. The van der Waals surface area contributed by atoms with Gasteiger partial charge >= 0.3 is 0 Å². The molecule has 0 radical (unpaired) electrons. The van der Waals surface area contributed by atoms with E-state index in [2.05, 4.69) is 36.5 Å². The number of amides is 1. The number of ether oxygens (including phenoxy) is 1. The van der Waals surface area contributed by atoms with E-state index in [0.29, 0.717) is 10.8 Å². The van der Waals surface area contributed by atoms with Crippen molar-refractivity contribution in [3.05, 3.63) is 71.5 Å². The summed E-state index contributed by atoms with van der Waals surface area (Å²) < 4.78 is 9.83. The molecule has 5 aromatic rings. The SMILES string of the molecule is COc1ccc(-c2cc3c4nnc(SCC(=O)Nc5ccc(Br)cc5)n4ccn3n2)cc1. The number of halogens is 1. The van der Waals surface area contributed by atoms with Crippen molar-refractivity contribution in [3.63, 3.8) is 0 Å². The highest BCUT2D eigenvalue weighted by Crippen LogP contribution is 2.25. The van der Waals surface area contributed by atoms with Crippen LogP contribution < -0.4 is 10.1 Å². The second kappa shape index (κ2) is 8.64. The van der Waals surface area contributed by atoms with Crippen molar-refractivity contribution in [2.24, 2.45) is 0 Å². The molecule has 3 heterocycles. The van der Waals surface area contributed by atoms with Crippen LogP contribution in [0.25, 0.3) is 22.4 Å². The van der Waals surface area contributed by atoms with Gasteiger partial charge in [0, 0.05) is 28.1 Å². The van der Waals surface area contributed by atoms with E-state index in [9.17, 15) is 4.79 Å². The smallest absolute Gasteiger partial charge is 0.234 e. The average molecular weight is 509 g/mol. The maximum Gasteiger partial charge on any atom is 0.234 e. The van der Waals surface area contributed by atoms with Crippen LogP contribution in [0.2, 0.25) is 0 Å². The first-order valence-electron chi connectivity index (χ1n) is 9.66. The van der Waals surface area contributed by atoms with Gasteiger partial charge in [-0.05, 0) is 54.6 Å². The summed E-state index contributed by atoms with van der Waals surface area (Å²) >= 11 is 4.71. The number of nitrogens with zero attached hydrogens (tertiary/aromatic N) is 5. The lowest BCUT2D eigenvalue weighted by molar-refractivity contribution is -0.113. The van der Waals surface area contributed by atoms with Gasteiger partial charge in [0.2, 0.25) is 5.91 Å². The number of nitrogens with one attached hydrogen (secondary N) is 1. The van der Waals surface area contributed by atoms with Gasteiger partial charge in [0.1, 0.15) is 11.3 Å². The Hall–Kier alpha value is -3.37. The van der Waals surface area contributed by atoms with Crippen molar-refractivity contribution in [1.82, 2.24) is 24.2 Å². The Bertz CT molecular complexity index is 1410. The quantitative estimate of drug-likeness (QED) is 0.338. The molecule has 1 amide bonds. The summed E-state index contributed by atoms with van der Waals surface area (Å²) in [4.78, 5) is 12.3. The zero-order valence-electron chi connectivity index (χ0n) is 16.9. The molecule has 5 rings (SSSR count). The topological polar surface area (TPSA) is 85.8 Å². The second-order valence-corrected chi connectivity index (χ2v) is 8.76. The van der Waals surface area contributed by atoms with Gasteiger partial charge in [-0.25, -0.2) is 4.52 Å². The molecule has 0 atom stereocenters. The third kappa shape index (κ3) is 4.06. The van der Waals surface area contributed by atoms with E-state index < -0.39 is 0 Å². The summed E-state index contributed by atoms with van der Waals surface area (Å²) in [5.74, 6) is 0.905. The van der Waals surface area contributed by atoms with Crippen molar-refractivity contribution in [2.75, 3.05) is 18.2 Å². The fourth-order valence-corrected chi connectivity index (χ4v) is 4.23. The molecule has 3 aromatic heterocycles. The summed E-state index contributed by atoms with van der Waals surface area (Å²) in [7, 11) is 1.64. The molecule has 0 aliphatic rings. The molecular formula is C22H17BrN6O2S. The number of fused-ring (bicyclic) bond motifs is 3. The van der Waals surface area contributed by atoms with Crippen LogP contribution in [0.5, 0.6) is 5.75 Å². The van der Waals surface area contributed by atoms with Gasteiger partial charge in [0.25, 0.3) is 0 Å². The highest BCUT2D eigenvalue weighted by atomic mass is 79.9. The summed E-state index contributed by atoms with van der Waals surface area (Å²) in [5, 5.41) is 16.8. The Morgan fingerprint density at radius 2 is 1.88 bits per heavy atom. The van der Waals surface area contributed by atoms with Crippen molar-refractivity contribution in [3.8, 4) is 17.0 Å². The van der Waals surface area contributed by atoms with Crippen LogP contribution in [-0.2, 0) is 4.79 Å². The maximum atomic E-state index is 12.3. The zero-order chi connectivity index (χ0) is 22.1. The Morgan fingerprint density at radius 1 is 1.09 bits per heavy atom. The first-order chi connectivity index (χ1) is 15.6. The molecular weight excluding hydrogens is 492 g/mol. The van der Waals surface area contributed by atoms with E-state index in [1.165, 1.54) is 11.8 Å². The lowest BCUT2D eigenvalue weighted by atomic mass is 10.1. The number of aromatic nitrogens is 5. The highest BCUT2D eigenvalue weighted by Gasteiger charge is 2.14. The van der Waals surface area contributed by atoms with Crippen LogP contribution in [0.1, 0.15) is 0 Å².